The Morgan fingerprint density at radius 3 is 2.85 bits per heavy atom. The molecule has 2 aromatic carbocycles. The summed E-state index contributed by atoms with van der Waals surface area (Å²) >= 11 is 0. The summed E-state index contributed by atoms with van der Waals surface area (Å²) in [5.74, 6) is -0.390. The van der Waals surface area contributed by atoms with Gasteiger partial charge in [0.15, 0.2) is 5.78 Å². The van der Waals surface area contributed by atoms with E-state index in [2.05, 4.69) is 0 Å². The van der Waals surface area contributed by atoms with E-state index in [1.165, 1.54) is 18.4 Å². The first-order chi connectivity index (χ1) is 9.65. The normalized spacial score (nSPS) is 10.9. The van der Waals surface area contributed by atoms with Crippen LogP contribution in [0.3, 0.4) is 0 Å². The Morgan fingerprint density at radius 2 is 2.00 bits per heavy atom. The topological polar surface area (TPSA) is 30.2 Å². The van der Waals surface area contributed by atoms with E-state index in [1.54, 1.807) is 6.07 Å². The van der Waals surface area contributed by atoms with Gasteiger partial charge in [0.25, 0.3) is 0 Å². The van der Waals surface area contributed by atoms with Gasteiger partial charge in [-0.2, -0.15) is 0 Å². The van der Waals surface area contributed by atoms with Gasteiger partial charge in [0.05, 0.1) is 5.56 Å². The number of benzene rings is 2. The second kappa shape index (κ2) is 4.93. The van der Waals surface area contributed by atoms with Crippen molar-refractivity contribution in [3.63, 3.8) is 0 Å². The van der Waals surface area contributed by atoms with E-state index in [1.807, 2.05) is 31.2 Å². The lowest BCUT2D eigenvalue weighted by atomic mass is 9.99. The smallest absolute Gasteiger partial charge is 0.171 e. The Morgan fingerprint density at radius 1 is 1.20 bits per heavy atom. The van der Waals surface area contributed by atoms with E-state index in [9.17, 15) is 9.18 Å². The van der Waals surface area contributed by atoms with Gasteiger partial charge in [-0.1, -0.05) is 24.3 Å². The number of para-hydroxylation sites is 1. The third kappa shape index (κ3) is 2.23. The molecule has 0 bridgehead atoms. The van der Waals surface area contributed by atoms with Crippen molar-refractivity contribution in [2.24, 2.45) is 0 Å². The number of fused-ring (bicyclic) bond motifs is 1. The number of carbonyl (C=O) groups is 1. The Hall–Kier alpha value is -2.42. The Labute approximate surface area is 115 Å². The Balaban J connectivity index is 1.95. The Kier molecular flexibility index (Phi) is 3.11. The molecule has 0 radical (unpaired) electrons. The van der Waals surface area contributed by atoms with Crippen LogP contribution in [-0.2, 0) is 6.42 Å². The van der Waals surface area contributed by atoms with E-state index in [0.29, 0.717) is 16.7 Å². The highest BCUT2D eigenvalue weighted by atomic mass is 19.1. The van der Waals surface area contributed by atoms with Gasteiger partial charge in [-0.25, -0.2) is 4.39 Å². The van der Waals surface area contributed by atoms with Crippen molar-refractivity contribution >= 4 is 16.8 Å². The summed E-state index contributed by atoms with van der Waals surface area (Å²) in [5, 5.41) is 0.798. The summed E-state index contributed by atoms with van der Waals surface area (Å²) in [5.41, 5.74) is 2.85. The van der Waals surface area contributed by atoms with Crippen LogP contribution in [0, 0.1) is 12.7 Å². The SMILES string of the molecule is Cc1ccc(F)cc1CC(=O)c1coc2ccccc12. The monoisotopic (exact) mass is 268 g/mol. The van der Waals surface area contributed by atoms with Gasteiger partial charge in [-0.15, -0.1) is 0 Å². The highest BCUT2D eigenvalue weighted by molar-refractivity contribution is 6.07. The molecule has 20 heavy (non-hydrogen) atoms. The Bertz CT molecular complexity index is 787. The van der Waals surface area contributed by atoms with Crippen molar-refractivity contribution < 1.29 is 13.6 Å². The van der Waals surface area contributed by atoms with Crippen LogP contribution in [0.25, 0.3) is 11.0 Å². The van der Waals surface area contributed by atoms with Crippen LogP contribution in [0.1, 0.15) is 21.5 Å². The molecule has 0 N–H and O–H groups in total. The molecule has 0 spiro atoms. The predicted molar refractivity (Wildman–Crippen MR) is 75.4 cm³/mol. The number of aryl methyl sites for hydroxylation is 1. The van der Waals surface area contributed by atoms with Gasteiger partial charge in [0.1, 0.15) is 17.7 Å². The van der Waals surface area contributed by atoms with E-state index < -0.39 is 0 Å². The largest absolute Gasteiger partial charge is 0.464 e. The number of furan rings is 1. The first-order valence-electron chi connectivity index (χ1n) is 6.39. The van der Waals surface area contributed by atoms with Crippen LogP contribution >= 0.6 is 0 Å². The molecule has 0 aliphatic heterocycles. The molecule has 2 nitrogen and oxygen atoms in total. The number of hydrogen-bond acceptors (Lipinski definition) is 2. The molecule has 0 saturated carbocycles. The van der Waals surface area contributed by atoms with Crippen molar-refractivity contribution in [3.05, 3.63) is 71.2 Å². The quantitative estimate of drug-likeness (QED) is 0.663. The van der Waals surface area contributed by atoms with Crippen molar-refractivity contribution in [2.45, 2.75) is 13.3 Å². The fourth-order valence-electron chi connectivity index (χ4n) is 2.29. The lowest BCUT2D eigenvalue weighted by Gasteiger charge is -2.04. The minimum absolute atomic E-state index is 0.0661. The zero-order chi connectivity index (χ0) is 14.1. The molecular weight excluding hydrogens is 255 g/mol. The second-order valence-corrected chi connectivity index (χ2v) is 4.82. The fourth-order valence-corrected chi connectivity index (χ4v) is 2.29. The molecule has 0 fully saturated rings. The average molecular weight is 268 g/mol. The predicted octanol–water partition coefficient (Wildman–Crippen LogP) is 4.31. The van der Waals surface area contributed by atoms with Crippen molar-refractivity contribution in [3.8, 4) is 0 Å². The molecule has 0 aliphatic rings. The van der Waals surface area contributed by atoms with Crippen LogP contribution in [0.5, 0.6) is 0 Å². The van der Waals surface area contributed by atoms with E-state index in [4.69, 9.17) is 4.42 Å². The van der Waals surface area contributed by atoms with Gasteiger partial charge in [-0.3, -0.25) is 4.79 Å². The summed E-state index contributed by atoms with van der Waals surface area (Å²) in [6.45, 7) is 1.87. The third-order valence-electron chi connectivity index (χ3n) is 3.44. The molecule has 3 aromatic rings. The van der Waals surface area contributed by atoms with Crippen LogP contribution in [0.4, 0.5) is 4.39 Å². The van der Waals surface area contributed by atoms with Gasteiger partial charge in [0, 0.05) is 11.8 Å². The van der Waals surface area contributed by atoms with Crippen molar-refractivity contribution in [1.29, 1.82) is 0 Å². The highest BCUT2D eigenvalue weighted by Crippen LogP contribution is 2.23. The maximum atomic E-state index is 13.3. The number of Topliss-reactive ketones (excluding diaryl/α,β-unsaturated/α-hetero) is 1. The van der Waals surface area contributed by atoms with Crippen LogP contribution in [0.2, 0.25) is 0 Å². The van der Waals surface area contributed by atoms with Crippen molar-refractivity contribution in [2.75, 3.05) is 0 Å². The zero-order valence-electron chi connectivity index (χ0n) is 11.0. The van der Waals surface area contributed by atoms with Crippen LogP contribution in [0.15, 0.2) is 53.1 Å². The van der Waals surface area contributed by atoms with E-state index in [-0.39, 0.29) is 18.0 Å². The molecule has 3 rings (SSSR count). The lowest BCUT2D eigenvalue weighted by Crippen LogP contribution is -2.04. The first kappa shape index (κ1) is 12.6. The minimum atomic E-state index is -0.324. The van der Waals surface area contributed by atoms with Gasteiger partial charge < -0.3 is 4.42 Å². The number of hydrogen-bond donors (Lipinski definition) is 0. The summed E-state index contributed by atoms with van der Waals surface area (Å²) < 4.78 is 18.6. The molecule has 100 valence electrons. The summed E-state index contributed by atoms with van der Waals surface area (Å²) in [4.78, 5) is 12.4. The minimum Gasteiger partial charge on any atom is -0.464 e. The molecule has 0 atom stereocenters. The van der Waals surface area contributed by atoms with E-state index >= 15 is 0 Å². The van der Waals surface area contributed by atoms with Gasteiger partial charge in [0.2, 0.25) is 0 Å². The van der Waals surface area contributed by atoms with Gasteiger partial charge >= 0.3 is 0 Å². The van der Waals surface area contributed by atoms with Crippen LogP contribution in [-0.4, -0.2) is 5.78 Å². The maximum absolute atomic E-state index is 13.3. The molecule has 1 aromatic heterocycles. The molecule has 3 heteroatoms. The molecular formula is C17H13FO2. The van der Waals surface area contributed by atoms with E-state index in [0.717, 1.165) is 10.9 Å². The fraction of sp³-hybridized carbons (Fsp3) is 0.118. The highest BCUT2D eigenvalue weighted by Gasteiger charge is 2.15. The van der Waals surface area contributed by atoms with Gasteiger partial charge in [-0.05, 0) is 36.2 Å². The molecule has 0 amide bonds. The zero-order valence-corrected chi connectivity index (χ0v) is 11.0. The summed E-state index contributed by atoms with van der Waals surface area (Å²) in [6.07, 6.45) is 1.65. The number of halogens is 1. The van der Waals surface area contributed by atoms with Crippen LogP contribution < -0.4 is 0 Å². The second-order valence-electron chi connectivity index (χ2n) is 4.82. The lowest BCUT2D eigenvalue weighted by molar-refractivity contribution is 0.0993. The van der Waals surface area contributed by atoms with Crippen molar-refractivity contribution in [1.82, 2.24) is 0 Å². The summed E-state index contributed by atoms with van der Waals surface area (Å²) in [6, 6.07) is 11.9. The number of rotatable bonds is 3. The molecule has 1 heterocycles. The first-order valence-corrected chi connectivity index (χ1v) is 6.39. The standard InChI is InChI=1S/C17H13FO2/c1-11-6-7-13(18)8-12(11)9-16(19)15-10-20-17-5-3-2-4-14(15)17/h2-8,10H,9H2,1H3. The summed E-state index contributed by atoms with van der Waals surface area (Å²) in [7, 11) is 0. The third-order valence-corrected chi connectivity index (χ3v) is 3.44. The molecule has 0 unspecified atom stereocenters. The average Bonchev–Trinajstić information content (AvgIpc) is 2.87. The molecule has 0 aliphatic carbocycles. The number of ketones is 1. The maximum Gasteiger partial charge on any atom is 0.171 e. The number of carbonyl (C=O) groups excluding carboxylic acids is 1. The molecule has 0 saturated heterocycles.